The molecule has 0 spiro atoms. The predicted octanol–water partition coefficient (Wildman–Crippen LogP) is 0.817. The van der Waals surface area contributed by atoms with Crippen molar-refractivity contribution in [3.05, 3.63) is 35.9 Å². The number of carbonyl (C=O) groups is 2. The molecule has 1 aliphatic rings. The standard InChI is InChI=1S/C16H23N3O3.ClH/c1-11(22-10-12-6-3-2-4-7-12)14(17)16(21)19-9-5-8-13(19)15(18)20;/h2-4,6-7,11,13-14H,5,8-10,17H2,1H3,(H2,18,20);1H/t11-,13+,14+;/m1./s1. The van der Waals surface area contributed by atoms with Gasteiger partial charge < -0.3 is 21.1 Å². The van der Waals surface area contributed by atoms with Crippen LogP contribution in [0.5, 0.6) is 0 Å². The Kier molecular flexibility index (Phi) is 7.48. The molecular weight excluding hydrogens is 318 g/mol. The van der Waals surface area contributed by atoms with E-state index in [1.807, 2.05) is 30.3 Å². The molecule has 1 aliphatic heterocycles. The van der Waals surface area contributed by atoms with Crippen LogP contribution in [0.4, 0.5) is 0 Å². The smallest absolute Gasteiger partial charge is 0.242 e. The minimum Gasteiger partial charge on any atom is -0.372 e. The van der Waals surface area contributed by atoms with Crippen LogP contribution >= 0.6 is 12.4 Å². The molecule has 1 aromatic rings. The van der Waals surface area contributed by atoms with E-state index in [0.29, 0.717) is 19.6 Å². The van der Waals surface area contributed by atoms with Gasteiger partial charge in [-0.2, -0.15) is 0 Å². The third-order valence-electron chi connectivity index (χ3n) is 4.01. The summed E-state index contributed by atoms with van der Waals surface area (Å²) in [6.07, 6.45) is 0.931. The highest BCUT2D eigenvalue weighted by molar-refractivity contribution is 5.89. The SMILES string of the molecule is C[C@@H](OCc1ccccc1)[C@H](N)C(=O)N1CCC[C@H]1C(N)=O.Cl. The maximum atomic E-state index is 12.4. The van der Waals surface area contributed by atoms with Crippen LogP contribution in [-0.2, 0) is 20.9 Å². The number of primary amides is 1. The van der Waals surface area contributed by atoms with Crippen LogP contribution in [-0.4, -0.2) is 41.4 Å². The van der Waals surface area contributed by atoms with E-state index in [4.69, 9.17) is 16.2 Å². The van der Waals surface area contributed by atoms with Gasteiger partial charge in [0.2, 0.25) is 11.8 Å². The van der Waals surface area contributed by atoms with Gasteiger partial charge in [-0.25, -0.2) is 0 Å². The molecule has 0 radical (unpaired) electrons. The zero-order valence-electron chi connectivity index (χ0n) is 13.2. The first-order chi connectivity index (χ1) is 10.5. The zero-order valence-corrected chi connectivity index (χ0v) is 14.0. The van der Waals surface area contributed by atoms with Crippen molar-refractivity contribution in [2.75, 3.05) is 6.54 Å². The van der Waals surface area contributed by atoms with Crippen molar-refractivity contribution >= 4 is 24.2 Å². The number of hydrogen-bond donors (Lipinski definition) is 2. The van der Waals surface area contributed by atoms with E-state index in [2.05, 4.69) is 0 Å². The Morgan fingerprint density at radius 1 is 1.35 bits per heavy atom. The molecule has 4 N–H and O–H groups in total. The summed E-state index contributed by atoms with van der Waals surface area (Å²) in [5, 5.41) is 0. The molecule has 0 unspecified atom stereocenters. The number of amides is 2. The van der Waals surface area contributed by atoms with Crippen LogP contribution < -0.4 is 11.5 Å². The molecule has 3 atom stereocenters. The van der Waals surface area contributed by atoms with Gasteiger partial charge in [-0.15, -0.1) is 12.4 Å². The lowest BCUT2D eigenvalue weighted by molar-refractivity contribution is -0.141. The minimum atomic E-state index is -0.802. The Labute approximate surface area is 142 Å². The van der Waals surface area contributed by atoms with Gasteiger partial charge in [0.15, 0.2) is 0 Å². The quantitative estimate of drug-likeness (QED) is 0.800. The molecule has 1 heterocycles. The molecule has 0 aliphatic carbocycles. The van der Waals surface area contributed by atoms with Gasteiger partial charge >= 0.3 is 0 Å². The van der Waals surface area contributed by atoms with Crippen molar-refractivity contribution < 1.29 is 14.3 Å². The van der Waals surface area contributed by atoms with Gasteiger partial charge in [-0.3, -0.25) is 9.59 Å². The highest BCUT2D eigenvalue weighted by Crippen LogP contribution is 2.19. The molecule has 1 saturated heterocycles. The fourth-order valence-corrected chi connectivity index (χ4v) is 2.62. The van der Waals surface area contributed by atoms with Crippen LogP contribution in [0.25, 0.3) is 0 Å². The predicted molar refractivity (Wildman–Crippen MR) is 89.8 cm³/mol. The number of nitrogens with two attached hydrogens (primary N) is 2. The first-order valence-electron chi connectivity index (χ1n) is 7.51. The maximum Gasteiger partial charge on any atom is 0.242 e. The number of hydrogen-bond acceptors (Lipinski definition) is 4. The Morgan fingerprint density at radius 3 is 2.61 bits per heavy atom. The molecule has 2 amide bonds. The van der Waals surface area contributed by atoms with Gasteiger partial charge in [-0.05, 0) is 25.3 Å². The summed E-state index contributed by atoms with van der Waals surface area (Å²) in [5.74, 6) is -0.752. The van der Waals surface area contributed by atoms with Crippen molar-refractivity contribution in [1.82, 2.24) is 4.90 Å². The second-order valence-electron chi connectivity index (χ2n) is 5.62. The first kappa shape index (κ1) is 19.4. The van der Waals surface area contributed by atoms with Crippen LogP contribution in [0.15, 0.2) is 30.3 Å². The third kappa shape index (κ3) is 4.92. The lowest BCUT2D eigenvalue weighted by atomic mass is 10.1. The number of benzene rings is 1. The van der Waals surface area contributed by atoms with Crippen molar-refractivity contribution in [1.29, 1.82) is 0 Å². The summed E-state index contributed by atoms with van der Waals surface area (Å²) in [7, 11) is 0. The second kappa shape index (κ2) is 8.86. The average Bonchev–Trinajstić information content (AvgIpc) is 3.02. The molecule has 23 heavy (non-hydrogen) atoms. The lowest BCUT2D eigenvalue weighted by Crippen LogP contribution is -2.53. The fraction of sp³-hybridized carbons (Fsp3) is 0.500. The number of halogens is 1. The van der Waals surface area contributed by atoms with Crippen LogP contribution in [0, 0.1) is 0 Å². The van der Waals surface area contributed by atoms with Crippen molar-refractivity contribution in [2.24, 2.45) is 11.5 Å². The number of likely N-dealkylation sites (tertiary alicyclic amines) is 1. The van der Waals surface area contributed by atoms with E-state index in [0.717, 1.165) is 12.0 Å². The highest BCUT2D eigenvalue weighted by atomic mass is 35.5. The molecule has 1 fully saturated rings. The normalized spacial score (nSPS) is 19.7. The summed E-state index contributed by atoms with van der Waals surface area (Å²) in [6, 6.07) is 8.34. The molecule has 2 rings (SSSR count). The molecule has 6 nitrogen and oxygen atoms in total. The summed E-state index contributed by atoms with van der Waals surface area (Å²) in [5.41, 5.74) is 12.3. The van der Waals surface area contributed by atoms with Crippen molar-refractivity contribution in [3.8, 4) is 0 Å². The van der Waals surface area contributed by atoms with Gasteiger partial charge in [0.1, 0.15) is 12.1 Å². The lowest BCUT2D eigenvalue weighted by Gasteiger charge is -2.28. The largest absolute Gasteiger partial charge is 0.372 e. The van der Waals surface area contributed by atoms with Crippen LogP contribution in [0.2, 0.25) is 0 Å². The summed E-state index contributed by atoms with van der Waals surface area (Å²) in [6.45, 7) is 2.68. The number of ether oxygens (including phenoxy) is 1. The van der Waals surface area contributed by atoms with E-state index in [1.54, 1.807) is 6.92 Å². The van der Waals surface area contributed by atoms with Crippen molar-refractivity contribution in [2.45, 2.75) is 44.6 Å². The second-order valence-corrected chi connectivity index (χ2v) is 5.62. The zero-order chi connectivity index (χ0) is 16.1. The highest BCUT2D eigenvalue weighted by Gasteiger charge is 2.36. The molecule has 128 valence electrons. The van der Waals surface area contributed by atoms with Gasteiger partial charge in [-0.1, -0.05) is 30.3 Å². The summed E-state index contributed by atoms with van der Waals surface area (Å²) >= 11 is 0. The number of rotatable bonds is 6. The van der Waals surface area contributed by atoms with Crippen molar-refractivity contribution in [3.63, 3.8) is 0 Å². The first-order valence-corrected chi connectivity index (χ1v) is 7.51. The maximum absolute atomic E-state index is 12.4. The monoisotopic (exact) mass is 341 g/mol. The molecule has 0 saturated carbocycles. The molecule has 7 heteroatoms. The molecular formula is C16H24ClN3O3. The summed E-state index contributed by atoms with van der Waals surface area (Å²) in [4.78, 5) is 25.3. The number of carbonyl (C=O) groups excluding carboxylic acids is 2. The topological polar surface area (TPSA) is 98.7 Å². The van der Waals surface area contributed by atoms with E-state index >= 15 is 0 Å². The Bertz CT molecular complexity index is 527. The third-order valence-corrected chi connectivity index (χ3v) is 4.01. The number of nitrogens with zero attached hydrogens (tertiary/aromatic N) is 1. The van der Waals surface area contributed by atoms with Gasteiger partial charge in [0.25, 0.3) is 0 Å². The van der Waals surface area contributed by atoms with E-state index in [9.17, 15) is 9.59 Å². The van der Waals surface area contributed by atoms with Gasteiger partial charge in [0.05, 0.1) is 12.7 Å². The molecule has 1 aromatic carbocycles. The van der Waals surface area contributed by atoms with Crippen LogP contribution in [0.3, 0.4) is 0 Å². The van der Waals surface area contributed by atoms with E-state index in [-0.39, 0.29) is 18.3 Å². The average molecular weight is 342 g/mol. The van der Waals surface area contributed by atoms with E-state index < -0.39 is 24.1 Å². The Hall–Kier alpha value is -1.63. The Morgan fingerprint density at radius 2 is 2.00 bits per heavy atom. The van der Waals surface area contributed by atoms with Crippen LogP contribution in [0.1, 0.15) is 25.3 Å². The minimum absolute atomic E-state index is 0. The molecule has 0 aromatic heterocycles. The summed E-state index contributed by atoms with van der Waals surface area (Å²) < 4.78 is 5.68. The van der Waals surface area contributed by atoms with E-state index in [1.165, 1.54) is 4.90 Å². The van der Waals surface area contributed by atoms with Gasteiger partial charge in [0, 0.05) is 6.54 Å². The Balaban J connectivity index is 0.00000264. The molecule has 0 bridgehead atoms. The fourth-order valence-electron chi connectivity index (χ4n) is 2.62.